The molecule has 0 N–H and O–H groups in total. The van der Waals surface area contributed by atoms with E-state index >= 15 is 0 Å². The predicted octanol–water partition coefficient (Wildman–Crippen LogP) is -6.72. The van der Waals surface area contributed by atoms with E-state index in [0.717, 1.165) is 0 Å². The van der Waals surface area contributed by atoms with Gasteiger partial charge in [-0.05, 0) is 0 Å². The molecule has 0 radical (unpaired) electrons. The molecule has 0 aliphatic rings. The molecule has 0 bridgehead atoms. The van der Waals surface area contributed by atoms with Crippen LogP contribution in [0.2, 0.25) is 0 Å². The van der Waals surface area contributed by atoms with Crippen molar-refractivity contribution in [2.24, 2.45) is 0 Å². The number of hydrogen-bond donors (Lipinski definition) is 0. The first-order valence-electron chi connectivity index (χ1n) is 1.46. The molecule has 0 aliphatic heterocycles. The second-order valence-electron chi connectivity index (χ2n) is 0.976. The molecule has 0 saturated heterocycles. The first kappa shape index (κ1) is 18.6. The van der Waals surface area contributed by atoms with Crippen LogP contribution in [-0.2, 0) is 13.4 Å². The zero-order chi connectivity index (χ0) is 7.71. The zero-order valence-corrected chi connectivity index (χ0v) is 10.3. The van der Waals surface area contributed by atoms with Crippen molar-refractivity contribution in [2.45, 2.75) is 0 Å². The van der Waals surface area contributed by atoms with Gasteiger partial charge in [0.05, 0.1) is 15.6 Å². The van der Waals surface area contributed by atoms with Crippen LogP contribution < -0.4 is 49.1 Å². The molecule has 11 heteroatoms. The van der Waals surface area contributed by atoms with Crippen molar-refractivity contribution >= 4 is 33.0 Å². The average molecular weight is 224 g/mol. The first-order chi connectivity index (χ1) is 3.71. The molecule has 56 valence electrons. The van der Waals surface area contributed by atoms with Crippen molar-refractivity contribution in [3.8, 4) is 0 Å². The third-order valence-corrected chi connectivity index (χ3v) is 1.80. The van der Waals surface area contributed by atoms with Crippen molar-refractivity contribution in [3.63, 3.8) is 0 Å². The van der Waals surface area contributed by atoms with Crippen LogP contribution in [0.3, 0.4) is 0 Å². The van der Waals surface area contributed by atoms with Crippen LogP contribution in [0.4, 0.5) is 0 Å². The van der Waals surface area contributed by atoms with E-state index in [4.69, 9.17) is 0 Å². The van der Waals surface area contributed by atoms with E-state index in [2.05, 4.69) is 4.31 Å². The summed E-state index contributed by atoms with van der Waals surface area (Å²) < 4.78 is 21.2. The van der Waals surface area contributed by atoms with Crippen LogP contribution >= 0.6 is 15.6 Å². The largest absolute Gasteiger partial charge is 3.00 e. The minimum absolute atomic E-state index is 0. The van der Waals surface area contributed by atoms with Gasteiger partial charge in [-0.15, -0.1) is 0 Å². The summed E-state index contributed by atoms with van der Waals surface area (Å²) in [4.78, 5) is 37.3. The summed E-state index contributed by atoms with van der Waals surface area (Å²) in [6, 6.07) is 0. The fourth-order valence-corrected chi connectivity index (χ4v) is 1.10. The van der Waals surface area contributed by atoms with E-state index in [0.29, 0.717) is 0 Å². The molecule has 7 nitrogen and oxygen atoms in total. The molecule has 0 unspecified atom stereocenters. The second kappa shape index (κ2) is 6.28. The van der Waals surface area contributed by atoms with Gasteiger partial charge in [-0.1, -0.05) is 0 Å². The maximum Gasteiger partial charge on any atom is 3.00 e. The summed E-state index contributed by atoms with van der Waals surface area (Å²) in [5.74, 6) is 0. The standard InChI is InChI=1S/Al.Na.H4O7P2/c;;1-8(2,3)7-9(4,5)6/h;;(H2,1,2,3)(H2,4,5,6)/q+3;+1;/p-4. The van der Waals surface area contributed by atoms with E-state index in [1.165, 1.54) is 0 Å². The Kier molecular flexibility index (Phi) is 10.6. The molecule has 0 rings (SSSR count). The minimum atomic E-state index is -5.68. The van der Waals surface area contributed by atoms with Crippen molar-refractivity contribution in [1.29, 1.82) is 0 Å². The van der Waals surface area contributed by atoms with Gasteiger partial charge in [0.2, 0.25) is 0 Å². The Morgan fingerprint density at radius 3 is 1.09 bits per heavy atom. The van der Waals surface area contributed by atoms with Gasteiger partial charge in [-0.3, -0.25) is 0 Å². The van der Waals surface area contributed by atoms with Gasteiger partial charge in [-0.2, -0.15) is 0 Å². The zero-order valence-electron chi connectivity index (χ0n) is 5.33. The van der Waals surface area contributed by atoms with Crippen molar-refractivity contribution in [2.75, 3.05) is 0 Å². The Hall–Kier alpha value is 1.79. The summed E-state index contributed by atoms with van der Waals surface area (Å²) in [7, 11) is -11.4. The van der Waals surface area contributed by atoms with Gasteiger partial charge in [0.25, 0.3) is 0 Å². The minimum Gasteiger partial charge on any atom is -0.790 e. The third-order valence-electron chi connectivity index (χ3n) is 0.200. The molecule has 0 spiro atoms. The van der Waals surface area contributed by atoms with Crippen LogP contribution in [0, 0.1) is 0 Å². The van der Waals surface area contributed by atoms with Crippen LogP contribution in [0.25, 0.3) is 0 Å². The smallest absolute Gasteiger partial charge is 0.790 e. The normalized spacial score (nSPS) is 11.3. The molecular formula is AlNaO7P2. The molecule has 0 aliphatic carbocycles. The number of rotatable bonds is 2. The average Bonchev–Trinajstić information content (AvgIpc) is 1.14. The van der Waals surface area contributed by atoms with E-state index in [9.17, 15) is 28.7 Å². The molecule has 11 heavy (non-hydrogen) atoms. The van der Waals surface area contributed by atoms with Gasteiger partial charge < -0.3 is 33.0 Å². The van der Waals surface area contributed by atoms with Crippen LogP contribution in [0.15, 0.2) is 0 Å². The summed E-state index contributed by atoms with van der Waals surface area (Å²) in [5, 5.41) is 0. The summed E-state index contributed by atoms with van der Waals surface area (Å²) in [6.07, 6.45) is 0. The van der Waals surface area contributed by atoms with Gasteiger partial charge >= 0.3 is 46.9 Å². The Bertz CT molecular complexity index is 157. The van der Waals surface area contributed by atoms with Crippen molar-refractivity contribution in [3.05, 3.63) is 0 Å². The van der Waals surface area contributed by atoms with E-state index in [1.807, 2.05) is 0 Å². The molecule has 0 heterocycles. The molecule has 0 saturated carbocycles. The molecule has 0 atom stereocenters. The number of phosphoric acid groups is 2. The molecule has 0 fully saturated rings. The van der Waals surface area contributed by atoms with Gasteiger partial charge in [0.15, 0.2) is 0 Å². The maximum atomic E-state index is 9.32. The molecular weight excluding hydrogens is 224 g/mol. The Balaban J connectivity index is -0.000000320. The van der Waals surface area contributed by atoms with E-state index in [-0.39, 0.29) is 46.9 Å². The van der Waals surface area contributed by atoms with Crippen LogP contribution in [0.5, 0.6) is 0 Å². The van der Waals surface area contributed by atoms with Crippen LogP contribution in [0.1, 0.15) is 0 Å². The number of hydrogen-bond acceptors (Lipinski definition) is 7. The quantitative estimate of drug-likeness (QED) is 0.335. The topological polar surface area (TPSA) is 136 Å². The predicted molar refractivity (Wildman–Crippen MR) is 22.1 cm³/mol. The molecule has 0 aromatic rings. The van der Waals surface area contributed by atoms with Gasteiger partial charge in [0, 0.05) is 0 Å². The van der Waals surface area contributed by atoms with E-state index < -0.39 is 15.6 Å². The summed E-state index contributed by atoms with van der Waals surface area (Å²) >= 11 is 0. The van der Waals surface area contributed by atoms with Gasteiger partial charge in [-0.25, -0.2) is 0 Å². The van der Waals surface area contributed by atoms with E-state index in [1.54, 1.807) is 0 Å². The van der Waals surface area contributed by atoms with Crippen LogP contribution in [-0.4, -0.2) is 17.4 Å². The van der Waals surface area contributed by atoms with Crippen molar-refractivity contribution < 1.29 is 62.6 Å². The Labute approximate surface area is 95.1 Å². The third kappa shape index (κ3) is 18.6. The fourth-order valence-electron chi connectivity index (χ4n) is 0.122. The summed E-state index contributed by atoms with van der Waals surface area (Å²) in [6.45, 7) is 0. The monoisotopic (exact) mass is 224 g/mol. The fraction of sp³-hybridized carbons (Fsp3) is 0. The molecule has 0 amide bonds. The SMILES string of the molecule is O=P([O-])([O-])OP(=O)([O-])[O-].[Al+3].[Na+]. The molecule has 0 aromatic carbocycles. The maximum absolute atomic E-state index is 9.32. The second-order valence-corrected chi connectivity index (χ2v) is 3.42. The summed E-state index contributed by atoms with van der Waals surface area (Å²) in [5.41, 5.74) is 0. The van der Waals surface area contributed by atoms with Gasteiger partial charge in [0.1, 0.15) is 0 Å². The first-order valence-corrected chi connectivity index (χ1v) is 4.38. The van der Waals surface area contributed by atoms with Crippen molar-refractivity contribution in [1.82, 2.24) is 0 Å². The Morgan fingerprint density at radius 2 is 1.09 bits per heavy atom. The molecule has 0 aromatic heterocycles. The Morgan fingerprint density at radius 1 is 0.909 bits per heavy atom.